The van der Waals surface area contributed by atoms with Gasteiger partial charge in [0.15, 0.2) is 0 Å². The maximum Gasteiger partial charge on any atom is 0.305 e. The van der Waals surface area contributed by atoms with E-state index in [-0.39, 0.29) is 6.42 Å². The molecule has 0 amide bonds. The molecule has 2 rings (SSSR count). The molecule has 1 fully saturated rings. The summed E-state index contributed by atoms with van der Waals surface area (Å²) in [6.07, 6.45) is 1.33. The molecule has 1 unspecified atom stereocenters. The third-order valence-corrected chi connectivity index (χ3v) is 2.98. The van der Waals surface area contributed by atoms with E-state index in [0.29, 0.717) is 0 Å². The van der Waals surface area contributed by atoms with Gasteiger partial charge in [-0.25, -0.2) is 0 Å². The summed E-state index contributed by atoms with van der Waals surface area (Å²) in [7, 11) is 0. The van der Waals surface area contributed by atoms with Crippen LogP contribution in [0.3, 0.4) is 0 Å². The maximum absolute atomic E-state index is 10.6. The highest BCUT2D eigenvalue weighted by atomic mass is 16.4. The lowest BCUT2D eigenvalue weighted by Gasteiger charge is -2.18. The van der Waals surface area contributed by atoms with Gasteiger partial charge < -0.3 is 15.9 Å². The van der Waals surface area contributed by atoms with Gasteiger partial charge in [0.2, 0.25) is 0 Å². The molecule has 0 bridgehead atoms. The Bertz CT molecular complexity index is 412. The number of carboxylic acid groups (broad SMARTS) is 1. The molecule has 0 aromatic heterocycles. The van der Waals surface area contributed by atoms with E-state index in [0.717, 1.165) is 24.0 Å². The first-order chi connectivity index (χ1) is 7.53. The fourth-order valence-electron chi connectivity index (χ4n) is 1.93. The van der Waals surface area contributed by atoms with Gasteiger partial charge in [-0.1, -0.05) is 24.3 Å². The van der Waals surface area contributed by atoms with Crippen molar-refractivity contribution in [1.82, 2.24) is 0 Å². The Labute approximate surface area is 93.7 Å². The van der Waals surface area contributed by atoms with Crippen molar-refractivity contribution in [3.05, 3.63) is 35.4 Å². The van der Waals surface area contributed by atoms with E-state index < -0.39 is 17.6 Å². The van der Waals surface area contributed by atoms with E-state index in [1.807, 2.05) is 18.2 Å². The van der Waals surface area contributed by atoms with Crippen LogP contribution >= 0.6 is 0 Å². The van der Waals surface area contributed by atoms with Gasteiger partial charge in [-0.15, -0.1) is 0 Å². The first-order valence-electron chi connectivity index (χ1n) is 5.32. The highest BCUT2D eigenvalue weighted by molar-refractivity contribution is 5.68. The number of nitrogens with two attached hydrogens (primary N) is 1. The highest BCUT2D eigenvalue weighted by Gasteiger charge is 2.43. The Balaban J connectivity index is 2.29. The van der Waals surface area contributed by atoms with Crippen LogP contribution in [-0.2, 0) is 10.4 Å². The van der Waals surface area contributed by atoms with E-state index in [1.165, 1.54) is 0 Å². The average molecular weight is 221 g/mol. The number of carboxylic acids is 1. The number of carbonyl (C=O) groups is 1. The number of rotatable bonds is 4. The van der Waals surface area contributed by atoms with Gasteiger partial charge in [-0.05, 0) is 24.0 Å². The summed E-state index contributed by atoms with van der Waals surface area (Å²) in [5, 5.41) is 18.8. The van der Waals surface area contributed by atoms with E-state index in [2.05, 4.69) is 0 Å². The highest BCUT2D eigenvalue weighted by Crippen LogP contribution is 2.47. The molecule has 0 spiro atoms. The molecule has 1 aliphatic rings. The molecule has 1 aliphatic carbocycles. The van der Waals surface area contributed by atoms with Crippen LogP contribution in [0, 0.1) is 0 Å². The molecule has 4 N–H and O–H groups in total. The quantitative estimate of drug-likeness (QED) is 0.712. The Kier molecular flexibility index (Phi) is 2.69. The lowest BCUT2D eigenvalue weighted by Crippen LogP contribution is -2.19. The first-order valence-corrected chi connectivity index (χ1v) is 5.32. The smallest absolute Gasteiger partial charge is 0.305 e. The summed E-state index contributed by atoms with van der Waals surface area (Å²) in [6.45, 7) is 0. The summed E-state index contributed by atoms with van der Waals surface area (Å²) < 4.78 is 0. The molecule has 4 heteroatoms. The second-order valence-corrected chi connectivity index (χ2v) is 4.32. The summed E-state index contributed by atoms with van der Waals surface area (Å²) in [5.41, 5.74) is 6.58. The van der Waals surface area contributed by atoms with E-state index in [9.17, 15) is 9.90 Å². The zero-order valence-electron chi connectivity index (χ0n) is 8.89. The Morgan fingerprint density at radius 2 is 2.06 bits per heavy atom. The standard InChI is InChI=1S/C12H15NO3/c13-10(7-11(14)15)8-3-1-2-4-9(8)12(16)5-6-12/h1-4,10,16H,5-7,13H2,(H,14,15). The number of hydrogen-bond donors (Lipinski definition) is 3. The van der Waals surface area contributed by atoms with Gasteiger partial charge in [-0.2, -0.15) is 0 Å². The third-order valence-electron chi connectivity index (χ3n) is 2.98. The minimum Gasteiger partial charge on any atom is -0.481 e. The van der Waals surface area contributed by atoms with E-state index in [1.54, 1.807) is 6.07 Å². The van der Waals surface area contributed by atoms with Gasteiger partial charge in [-0.3, -0.25) is 4.79 Å². The minimum absolute atomic E-state index is 0.118. The lowest BCUT2D eigenvalue weighted by molar-refractivity contribution is -0.137. The Hall–Kier alpha value is -1.39. The van der Waals surface area contributed by atoms with Gasteiger partial charge in [0, 0.05) is 6.04 Å². The van der Waals surface area contributed by atoms with Crippen molar-refractivity contribution in [3.63, 3.8) is 0 Å². The van der Waals surface area contributed by atoms with Crippen LogP contribution in [0.2, 0.25) is 0 Å². The van der Waals surface area contributed by atoms with Gasteiger partial charge >= 0.3 is 5.97 Å². The van der Waals surface area contributed by atoms with Crippen LogP contribution in [0.1, 0.15) is 36.4 Å². The summed E-state index contributed by atoms with van der Waals surface area (Å²) >= 11 is 0. The molecule has 1 aromatic carbocycles. The summed E-state index contributed by atoms with van der Waals surface area (Å²) in [4.78, 5) is 10.6. The molecule has 16 heavy (non-hydrogen) atoms. The predicted molar refractivity (Wildman–Crippen MR) is 58.8 cm³/mol. The molecular weight excluding hydrogens is 206 g/mol. The maximum atomic E-state index is 10.6. The summed E-state index contributed by atoms with van der Waals surface area (Å²) in [6, 6.07) is 6.70. The zero-order valence-corrected chi connectivity index (χ0v) is 8.89. The van der Waals surface area contributed by atoms with Gasteiger partial charge in [0.1, 0.15) is 0 Å². The molecule has 0 radical (unpaired) electrons. The van der Waals surface area contributed by atoms with E-state index >= 15 is 0 Å². The molecule has 4 nitrogen and oxygen atoms in total. The van der Waals surface area contributed by atoms with Crippen LogP contribution in [0.15, 0.2) is 24.3 Å². The van der Waals surface area contributed by atoms with Crippen LogP contribution in [0.4, 0.5) is 0 Å². The zero-order chi connectivity index (χ0) is 11.8. The number of benzene rings is 1. The van der Waals surface area contributed by atoms with Crippen LogP contribution in [-0.4, -0.2) is 16.2 Å². The monoisotopic (exact) mass is 221 g/mol. The largest absolute Gasteiger partial charge is 0.481 e. The second kappa shape index (κ2) is 3.88. The van der Waals surface area contributed by atoms with Gasteiger partial charge in [0.05, 0.1) is 12.0 Å². The van der Waals surface area contributed by atoms with Gasteiger partial charge in [0.25, 0.3) is 0 Å². The predicted octanol–water partition coefficient (Wildman–Crippen LogP) is 1.14. The van der Waals surface area contributed by atoms with Crippen molar-refractivity contribution in [3.8, 4) is 0 Å². The Morgan fingerprint density at radius 1 is 1.44 bits per heavy atom. The van der Waals surface area contributed by atoms with Crippen molar-refractivity contribution >= 4 is 5.97 Å². The van der Waals surface area contributed by atoms with Crippen molar-refractivity contribution in [2.24, 2.45) is 5.73 Å². The van der Waals surface area contributed by atoms with Crippen molar-refractivity contribution in [2.75, 3.05) is 0 Å². The average Bonchev–Trinajstić information content (AvgIpc) is 2.97. The number of aliphatic hydroxyl groups is 1. The van der Waals surface area contributed by atoms with Crippen LogP contribution in [0.5, 0.6) is 0 Å². The fourth-order valence-corrected chi connectivity index (χ4v) is 1.93. The number of hydrogen-bond acceptors (Lipinski definition) is 3. The van der Waals surface area contributed by atoms with Crippen molar-refractivity contribution < 1.29 is 15.0 Å². The molecular formula is C12H15NO3. The Morgan fingerprint density at radius 3 is 2.62 bits per heavy atom. The molecule has 0 saturated heterocycles. The summed E-state index contributed by atoms with van der Waals surface area (Å²) in [5.74, 6) is -0.926. The molecule has 1 atom stereocenters. The third kappa shape index (κ3) is 2.08. The second-order valence-electron chi connectivity index (χ2n) is 4.32. The first kappa shape index (κ1) is 11.1. The normalized spacial score (nSPS) is 19.1. The minimum atomic E-state index is -0.926. The van der Waals surface area contributed by atoms with E-state index in [4.69, 9.17) is 10.8 Å². The fraction of sp³-hybridized carbons (Fsp3) is 0.417. The topological polar surface area (TPSA) is 83.6 Å². The van der Waals surface area contributed by atoms with Crippen LogP contribution in [0.25, 0.3) is 0 Å². The molecule has 0 aliphatic heterocycles. The lowest BCUT2D eigenvalue weighted by atomic mass is 9.94. The van der Waals surface area contributed by atoms with Crippen LogP contribution < -0.4 is 5.73 Å². The molecule has 1 aromatic rings. The molecule has 86 valence electrons. The SMILES string of the molecule is NC(CC(=O)O)c1ccccc1C1(O)CC1. The molecule has 0 heterocycles. The van der Waals surface area contributed by atoms with Crippen molar-refractivity contribution in [2.45, 2.75) is 30.9 Å². The number of aliphatic carboxylic acids is 1. The van der Waals surface area contributed by atoms with Crippen molar-refractivity contribution in [1.29, 1.82) is 0 Å². The molecule has 1 saturated carbocycles.